The number of aliphatic hydroxyl groups is 2. The quantitative estimate of drug-likeness (QED) is 0.769. The summed E-state index contributed by atoms with van der Waals surface area (Å²) in [5.41, 5.74) is 3.82. The van der Waals surface area contributed by atoms with Crippen LogP contribution in [0.1, 0.15) is 22.6 Å². The third kappa shape index (κ3) is 4.14. The Bertz CT molecular complexity index is 676. The number of rotatable bonds is 8. The van der Waals surface area contributed by atoms with E-state index in [2.05, 4.69) is 4.98 Å². The Balaban J connectivity index is 2.29. The Hall–Kier alpha value is -1.89. The molecule has 1 aromatic carbocycles. The number of benzene rings is 1. The van der Waals surface area contributed by atoms with Gasteiger partial charge < -0.3 is 19.4 Å². The minimum Gasteiger partial charge on any atom is -0.496 e. The van der Waals surface area contributed by atoms with Crippen molar-refractivity contribution in [3.05, 3.63) is 34.7 Å². The summed E-state index contributed by atoms with van der Waals surface area (Å²) in [4.78, 5) is 6.57. The number of oxazole rings is 1. The van der Waals surface area contributed by atoms with Crippen molar-refractivity contribution in [2.45, 2.75) is 27.3 Å². The SMILES string of the molecule is COc1cc(C)c(-c2nc(CN(CCO)CCO)c(C)o2)cc1C. The van der Waals surface area contributed by atoms with Crippen molar-refractivity contribution in [1.29, 1.82) is 0 Å². The molecule has 0 saturated heterocycles. The Morgan fingerprint density at radius 3 is 2.33 bits per heavy atom. The van der Waals surface area contributed by atoms with Crippen LogP contribution in [-0.4, -0.2) is 53.5 Å². The van der Waals surface area contributed by atoms with Gasteiger partial charge in [-0.15, -0.1) is 0 Å². The molecule has 1 heterocycles. The summed E-state index contributed by atoms with van der Waals surface area (Å²) >= 11 is 0. The number of methoxy groups -OCH3 is 1. The van der Waals surface area contributed by atoms with E-state index in [9.17, 15) is 0 Å². The zero-order valence-corrected chi connectivity index (χ0v) is 14.8. The minimum atomic E-state index is 0.0422. The van der Waals surface area contributed by atoms with E-state index in [1.54, 1.807) is 7.11 Å². The van der Waals surface area contributed by atoms with E-state index in [1.807, 2.05) is 37.8 Å². The molecule has 24 heavy (non-hydrogen) atoms. The maximum absolute atomic E-state index is 9.13. The van der Waals surface area contributed by atoms with Gasteiger partial charge in [-0.25, -0.2) is 4.98 Å². The van der Waals surface area contributed by atoms with Gasteiger partial charge in [0.2, 0.25) is 5.89 Å². The Morgan fingerprint density at radius 1 is 1.08 bits per heavy atom. The topological polar surface area (TPSA) is 79.0 Å². The van der Waals surface area contributed by atoms with Crippen molar-refractivity contribution in [1.82, 2.24) is 9.88 Å². The van der Waals surface area contributed by atoms with Gasteiger partial charge in [0, 0.05) is 25.2 Å². The highest BCUT2D eigenvalue weighted by molar-refractivity contribution is 5.62. The first-order valence-electron chi connectivity index (χ1n) is 8.06. The summed E-state index contributed by atoms with van der Waals surface area (Å²) in [6, 6.07) is 4.00. The van der Waals surface area contributed by atoms with Crippen LogP contribution in [-0.2, 0) is 6.54 Å². The minimum absolute atomic E-state index is 0.0422. The molecule has 0 radical (unpaired) electrons. The van der Waals surface area contributed by atoms with E-state index in [1.165, 1.54) is 0 Å². The highest BCUT2D eigenvalue weighted by Gasteiger charge is 2.17. The van der Waals surface area contributed by atoms with Crippen molar-refractivity contribution in [2.75, 3.05) is 33.4 Å². The van der Waals surface area contributed by atoms with Crippen LogP contribution in [0.2, 0.25) is 0 Å². The summed E-state index contributed by atoms with van der Waals surface area (Å²) in [6.45, 7) is 7.47. The van der Waals surface area contributed by atoms with Crippen LogP contribution in [0.25, 0.3) is 11.5 Å². The third-order valence-electron chi connectivity index (χ3n) is 4.07. The number of hydrogen-bond acceptors (Lipinski definition) is 6. The molecule has 0 atom stereocenters. The summed E-state index contributed by atoms with van der Waals surface area (Å²) in [5.74, 6) is 2.18. The molecule has 2 rings (SSSR count). The van der Waals surface area contributed by atoms with E-state index in [0.717, 1.165) is 33.9 Å². The van der Waals surface area contributed by atoms with E-state index in [4.69, 9.17) is 19.4 Å². The van der Waals surface area contributed by atoms with Crippen LogP contribution in [0.15, 0.2) is 16.5 Å². The van der Waals surface area contributed by atoms with E-state index < -0.39 is 0 Å². The van der Waals surface area contributed by atoms with Gasteiger partial charge in [-0.2, -0.15) is 0 Å². The molecular formula is C18H26N2O4. The first-order chi connectivity index (χ1) is 11.5. The van der Waals surface area contributed by atoms with Crippen LogP contribution >= 0.6 is 0 Å². The predicted molar refractivity (Wildman–Crippen MR) is 92.2 cm³/mol. The molecule has 0 spiro atoms. The number of aliphatic hydroxyl groups excluding tert-OH is 2. The summed E-state index contributed by atoms with van der Waals surface area (Å²) in [5, 5.41) is 18.3. The van der Waals surface area contributed by atoms with Crippen LogP contribution in [0.5, 0.6) is 5.75 Å². The zero-order chi connectivity index (χ0) is 17.7. The van der Waals surface area contributed by atoms with Crippen LogP contribution in [0.3, 0.4) is 0 Å². The predicted octanol–water partition coefficient (Wildman–Crippen LogP) is 2.06. The molecule has 6 nitrogen and oxygen atoms in total. The average molecular weight is 334 g/mol. The van der Waals surface area contributed by atoms with E-state index in [0.29, 0.717) is 25.5 Å². The molecule has 0 aliphatic carbocycles. The van der Waals surface area contributed by atoms with Gasteiger partial charge in [-0.05, 0) is 44.0 Å². The van der Waals surface area contributed by atoms with Gasteiger partial charge in [-0.1, -0.05) is 0 Å². The first-order valence-corrected chi connectivity index (χ1v) is 8.06. The molecule has 0 aliphatic heterocycles. The molecule has 0 fully saturated rings. The lowest BCUT2D eigenvalue weighted by molar-refractivity contribution is 0.154. The third-order valence-corrected chi connectivity index (χ3v) is 4.07. The van der Waals surface area contributed by atoms with Gasteiger partial charge in [0.05, 0.1) is 26.0 Å². The summed E-state index contributed by atoms with van der Waals surface area (Å²) < 4.78 is 11.2. The lowest BCUT2D eigenvalue weighted by Crippen LogP contribution is -2.29. The molecule has 1 aromatic heterocycles. The van der Waals surface area contributed by atoms with Gasteiger partial charge >= 0.3 is 0 Å². The molecular weight excluding hydrogens is 308 g/mol. The van der Waals surface area contributed by atoms with E-state index in [-0.39, 0.29) is 13.2 Å². The second kappa shape index (κ2) is 8.28. The van der Waals surface area contributed by atoms with Crippen LogP contribution in [0.4, 0.5) is 0 Å². The molecule has 0 unspecified atom stereocenters. The Morgan fingerprint density at radius 2 is 1.75 bits per heavy atom. The lowest BCUT2D eigenvalue weighted by atomic mass is 10.0. The summed E-state index contributed by atoms with van der Waals surface area (Å²) in [6.07, 6.45) is 0. The molecule has 6 heteroatoms. The maximum Gasteiger partial charge on any atom is 0.226 e. The molecule has 0 amide bonds. The fourth-order valence-electron chi connectivity index (χ4n) is 2.69. The molecule has 0 aliphatic rings. The maximum atomic E-state index is 9.13. The summed E-state index contributed by atoms with van der Waals surface area (Å²) in [7, 11) is 1.66. The van der Waals surface area contributed by atoms with Crippen molar-refractivity contribution in [3.63, 3.8) is 0 Å². The van der Waals surface area contributed by atoms with Crippen molar-refractivity contribution in [3.8, 4) is 17.2 Å². The van der Waals surface area contributed by atoms with Gasteiger partial charge in [0.1, 0.15) is 11.5 Å². The fraction of sp³-hybridized carbons (Fsp3) is 0.500. The molecule has 2 aromatic rings. The highest BCUT2D eigenvalue weighted by Crippen LogP contribution is 2.30. The van der Waals surface area contributed by atoms with Crippen LogP contribution in [0, 0.1) is 20.8 Å². The second-order valence-electron chi connectivity index (χ2n) is 5.88. The largest absolute Gasteiger partial charge is 0.496 e. The standard InChI is InChI=1S/C18H26N2O4/c1-12-10-17(23-4)13(2)9-15(12)18-19-16(14(3)24-18)11-20(5-7-21)6-8-22/h9-10,21-22H,5-8,11H2,1-4H3. The van der Waals surface area contributed by atoms with Gasteiger partial charge in [-0.3, -0.25) is 4.90 Å². The number of aryl methyl sites for hydroxylation is 3. The second-order valence-corrected chi connectivity index (χ2v) is 5.88. The lowest BCUT2D eigenvalue weighted by Gasteiger charge is -2.18. The monoisotopic (exact) mass is 334 g/mol. The van der Waals surface area contributed by atoms with Crippen molar-refractivity contribution >= 4 is 0 Å². The zero-order valence-electron chi connectivity index (χ0n) is 14.8. The fourth-order valence-corrected chi connectivity index (χ4v) is 2.69. The Kier molecular flexibility index (Phi) is 6.36. The first kappa shape index (κ1) is 18.4. The number of ether oxygens (including phenoxy) is 1. The van der Waals surface area contributed by atoms with Crippen LogP contribution < -0.4 is 4.74 Å². The average Bonchev–Trinajstić information content (AvgIpc) is 2.90. The number of hydrogen-bond donors (Lipinski definition) is 2. The molecule has 2 N–H and O–H groups in total. The highest BCUT2D eigenvalue weighted by atomic mass is 16.5. The number of aromatic nitrogens is 1. The van der Waals surface area contributed by atoms with Crippen molar-refractivity contribution in [2.24, 2.45) is 0 Å². The number of nitrogens with zero attached hydrogens (tertiary/aromatic N) is 2. The molecule has 0 saturated carbocycles. The van der Waals surface area contributed by atoms with Gasteiger partial charge in [0.25, 0.3) is 0 Å². The van der Waals surface area contributed by atoms with E-state index >= 15 is 0 Å². The smallest absolute Gasteiger partial charge is 0.226 e. The Labute approximate surface area is 142 Å². The molecule has 0 bridgehead atoms. The normalized spacial score (nSPS) is 11.3. The molecule has 132 valence electrons. The van der Waals surface area contributed by atoms with Crippen molar-refractivity contribution < 1.29 is 19.4 Å². The van der Waals surface area contributed by atoms with Gasteiger partial charge in [0.15, 0.2) is 0 Å².